The minimum atomic E-state index is -0.282. The second kappa shape index (κ2) is 11.7. The first-order valence-corrected chi connectivity index (χ1v) is 12.0. The number of esters is 1. The van der Waals surface area contributed by atoms with E-state index in [1.165, 1.54) is 0 Å². The smallest absolute Gasteiger partial charge is 0.306 e. The van der Waals surface area contributed by atoms with Crippen LogP contribution >= 0.6 is 0 Å². The number of nitriles is 1. The highest BCUT2D eigenvalue weighted by Gasteiger charge is 2.37. The third-order valence-electron chi connectivity index (χ3n) is 6.50. The molecule has 0 unspecified atom stereocenters. The zero-order chi connectivity index (χ0) is 23.8. The molecule has 0 aliphatic carbocycles. The summed E-state index contributed by atoms with van der Waals surface area (Å²) in [7, 11) is 0. The van der Waals surface area contributed by atoms with E-state index in [9.17, 15) is 14.9 Å². The number of ether oxygens (including phenoxy) is 2. The van der Waals surface area contributed by atoms with Crippen LogP contribution in [0, 0.1) is 11.3 Å². The summed E-state index contributed by atoms with van der Waals surface area (Å²) in [5.41, 5.74) is 2.14. The Labute approximate surface area is 200 Å². The van der Waals surface area contributed by atoms with Crippen molar-refractivity contribution < 1.29 is 19.1 Å². The molecule has 0 aromatic heterocycles. The highest BCUT2D eigenvalue weighted by molar-refractivity contribution is 5.83. The average Bonchev–Trinajstić information content (AvgIpc) is 3.56. The molecule has 0 saturated carbocycles. The first-order valence-electron chi connectivity index (χ1n) is 12.0. The number of amides is 1. The normalized spacial score (nSPS) is 21.7. The third kappa shape index (κ3) is 6.15. The van der Waals surface area contributed by atoms with Gasteiger partial charge in [0.15, 0.2) is 0 Å². The maximum Gasteiger partial charge on any atom is 0.306 e. The lowest BCUT2D eigenvalue weighted by Gasteiger charge is -2.23. The van der Waals surface area contributed by atoms with Crippen LogP contribution in [-0.4, -0.2) is 48.6 Å². The van der Waals surface area contributed by atoms with Crippen molar-refractivity contribution in [1.29, 1.82) is 5.26 Å². The highest BCUT2D eigenvalue weighted by Crippen LogP contribution is 2.29. The standard InChI is InChI=1S/C27H31N3O4/c28-17-23-8-4-14-30(23)27(32)25-16-22(18-29-25)21-10-12-24(13-11-21)33-15-5-9-26(31)34-19-20-6-2-1-3-7-20/h1-3,6-7,10-13,22-23,25,29H,4-5,8-9,14-16,18-19H2/t22-,23-,25-/m0/s1. The van der Waals surface area contributed by atoms with E-state index in [0.717, 1.165) is 42.7 Å². The molecule has 7 nitrogen and oxygen atoms in total. The van der Waals surface area contributed by atoms with Crippen molar-refractivity contribution in [2.24, 2.45) is 0 Å². The Bertz CT molecular complexity index is 1000. The minimum Gasteiger partial charge on any atom is -0.494 e. The van der Waals surface area contributed by atoms with Gasteiger partial charge in [-0.2, -0.15) is 5.26 Å². The number of nitrogens with zero attached hydrogens (tertiary/aromatic N) is 2. The fraction of sp³-hybridized carbons (Fsp3) is 0.444. The summed E-state index contributed by atoms with van der Waals surface area (Å²) in [6, 6.07) is 19.3. The highest BCUT2D eigenvalue weighted by atomic mass is 16.5. The lowest BCUT2D eigenvalue weighted by Crippen LogP contribution is -2.45. The van der Waals surface area contributed by atoms with Gasteiger partial charge in [0, 0.05) is 19.5 Å². The third-order valence-corrected chi connectivity index (χ3v) is 6.50. The summed E-state index contributed by atoms with van der Waals surface area (Å²) in [4.78, 5) is 26.4. The molecule has 0 spiro atoms. The molecule has 2 aliphatic heterocycles. The Morgan fingerprint density at radius 1 is 1.12 bits per heavy atom. The monoisotopic (exact) mass is 461 g/mol. The predicted octanol–water partition coefficient (Wildman–Crippen LogP) is 3.55. The zero-order valence-electron chi connectivity index (χ0n) is 19.3. The van der Waals surface area contributed by atoms with E-state index < -0.39 is 0 Å². The molecular formula is C27H31N3O4. The van der Waals surface area contributed by atoms with Crippen molar-refractivity contribution in [2.45, 2.75) is 56.7 Å². The maximum absolute atomic E-state index is 12.8. The summed E-state index contributed by atoms with van der Waals surface area (Å²) in [6.07, 6.45) is 3.31. The van der Waals surface area contributed by atoms with Crippen LogP contribution in [0.1, 0.15) is 49.1 Å². The molecule has 0 radical (unpaired) electrons. The van der Waals surface area contributed by atoms with Gasteiger partial charge in [-0.25, -0.2) is 0 Å². The summed E-state index contributed by atoms with van der Waals surface area (Å²) in [5.74, 6) is 0.837. The van der Waals surface area contributed by atoms with Gasteiger partial charge in [-0.05, 0) is 54.9 Å². The van der Waals surface area contributed by atoms with Gasteiger partial charge >= 0.3 is 5.97 Å². The predicted molar refractivity (Wildman–Crippen MR) is 127 cm³/mol. The van der Waals surface area contributed by atoms with Gasteiger partial charge in [0.25, 0.3) is 0 Å². The molecule has 2 aromatic carbocycles. The molecule has 2 aromatic rings. The number of carbonyl (C=O) groups is 2. The van der Waals surface area contributed by atoms with Crippen LogP contribution in [0.5, 0.6) is 5.75 Å². The lowest BCUT2D eigenvalue weighted by molar-refractivity contribution is -0.145. The van der Waals surface area contributed by atoms with Crippen LogP contribution < -0.4 is 10.1 Å². The number of nitrogens with one attached hydrogen (secondary N) is 1. The van der Waals surface area contributed by atoms with E-state index in [-0.39, 0.29) is 29.9 Å². The molecule has 2 heterocycles. The molecule has 34 heavy (non-hydrogen) atoms. The Balaban J connectivity index is 1.16. The molecule has 2 aliphatic rings. The summed E-state index contributed by atoms with van der Waals surface area (Å²) in [6.45, 7) is 2.15. The van der Waals surface area contributed by atoms with Crippen LogP contribution in [0.15, 0.2) is 54.6 Å². The van der Waals surface area contributed by atoms with E-state index in [4.69, 9.17) is 9.47 Å². The second-order valence-electron chi connectivity index (χ2n) is 8.88. The SMILES string of the molecule is N#C[C@@H]1CCCN1C(=O)[C@@H]1C[C@H](c2ccc(OCCCC(=O)OCc3ccccc3)cc2)CN1. The van der Waals surface area contributed by atoms with Crippen LogP contribution in [-0.2, 0) is 20.9 Å². The van der Waals surface area contributed by atoms with Crippen molar-refractivity contribution in [1.82, 2.24) is 10.2 Å². The fourth-order valence-corrected chi connectivity index (χ4v) is 4.60. The van der Waals surface area contributed by atoms with Crippen LogP contribution in [0.4, 0.5) is 0 Å². The molecular weight excluding hydrogens is 430 g/mol. The number of benzene rings is 2. The van der Waals surface area contributed by atoms with Crippen molar-refractivity contribution in [3.63, 3.8) is 0 Å². The Morgan fingerprint density at radius 2 is 1.91 bits per heavy atom. The van der Waals surface area contributed by atoms with Gasteiger partial charge in [0.05, 0.1) is 18.7 Å². The lowest BCUT2D eigenvalue weighted by atomic mass is 9.96. The topological polar surface area (TPSA) is 91.7 Å². The minimum absolute atomic E-state index is 0.0498. The molecule has 0 bridgehead atoms. The van der Waals surface area contributed by atoms with Crippen LogP contribution in [0.25, 0.3) is 0 Å². The van der Waals surface area contributed by atoms with Gasteiger partial charge in [0.2, 0.25) is 5.91 Å². The largest absolute Gasteiger partial charge is 0.494 e. The maximum atomic E-state index is 12.8. The van der Waals surface area contributed by atoms with Crippen molar-refractivity contribution >= 4 is 11.9 Å². The molecule has 4 rings (SSSR count). The molecule has 178 valence electrons. The first kappa shape index (κ1) is 23.8. The molecule has 2 saturated heterocycles. The van der Waals surface area contributed by atoms with Gasteiger partial charge in [-0.3, -0.25) is 9.59 Å². The number of hydrogen-bond donors (Lipinski definition) is 1. The van der Waals surface area contributed by atoms with Crippen LogP contribution in [0.2, 0.25) is 0 Å². The van der Waals surface area contributed by atoms with Gasteiger partial charge in [-0.1, -0.05) is 42.5 Å². The number of likely N-dealkylation sites (tertiary alicyclic amines) is 1. The molecule has 3 atom stereocenters. The van der Waals surface area contributed by atoms with E-state index in [2.05, 4.69) is 11.4 Å². The molecule has 7 heteroatoms. The summed E-state index contributed by atoms with van der Waals surface area (Å²) < 4.78 is 11.1. The van der Waals surface area contributed by atoms with Crippen LogP contribution in [0.3, 0.4) is 0 Å². The average molecular weight is 462 g/mol. The Morgan fingerprint density at radius 3 is 2.68 bits per heavy atom. The molecule has 1 amide bonds. The first-order chi connectivity index (χ1) is 16.6. The number of rotatable bonds is 9. The zero-order valence-corrected chi connectivity index (χ0v) is 19.3. The van der Waals surface area contributed by atoms with Crippen molar-refractivity contribution in [2.75, 3.05) is 19.7 Å². The van der Waals surface area contributed by atoms with E-state index in [0.29, 0.717) is 32.6 Å². The van der Waals surface area contributed by atoms with E-state index in [1.807, 2.05) is 54.6 Å². The fourth-order valence-electron chi connectivity index (χ4n) is 4.60. The van der Waals surface area contributed by atoms with Gasteiger partial charge in [-0.15, -0.1) is 0 Å². The molecule has 2 fully saturated rings. The quantitative estimate of drug-likeness (QED) is 0.454. The summed E-state index contributed by atoms with van der Waals surface area (Å²) >= 11 is 0. The van der Waals surface area contributed by atoms with Crippen molar-refractivity contribution in [3.05, 3.63) is 65.7 Å². The van der Waals surface area contributed by atoms with E-state index >= 15 is 0 Å². The number of hydrogen-bond acceptors (Lipinski definition) is 6. The number of carbonyl (C=O) groups excluding carboxylic acids is 2. The Kier molecular flexibility index (Phi) is 8.16. The van der Waals surface area contributed by atoms with Gasteiger partial charge in [0.1, 0.15) is 18.4 Å². The Hall–Kier alpha value is -3.37. The van der Waals surface area contributed by atoms with Crippen molar-refractivity contribution in [3.8, 4) is 11.8 Å². The summed E-state index contributed by atoms with van der Waals surface area (Å²) in [5, 5.41) is 12.6. The molecule has 1 N–H and O–H groups in total. The van der Waals surface area contributed by atoms with E-state index in [1.54, 1.807) is 4.90 Å². The second-order valence-corrected chi connectivity index (χ2v) is 8.88. The van der Waals surface area contributed by atoms with Gasteiger partial charge < -0.3 is 19.7 Å².